The summed E-state index contributed by atoms with van der Waals surface area (Å²) >= 11 is 18.9. The molecule has 0 fully saturated rings. The molecule has 1 heterocycles. The van der Waals surface area contributed by atoms with Gasteiger partial charge in [-0.05, 0) is 30.0 Å². The molecule has 0 amide bonds. The summed E-state index contributed by atoms with van der Waals surface area (Å²) in [7, 11) is 0. The van der Waals surface area contributed by atoms with Crippen LogP contribution in [0, 0.1) is 0 Å². The SMILES string of the molecule is CSc1ccc(C(Br)c2cc(Cl)sc2Cl)cc1. The lowest BCUT2D eigenvalue weighted by atomic mass is 10.1. The lowest BCUT2D eigenvalue weighted by Gasteiger charge is -2.09. The largest absolute Gasteiger partial charge is 0.130 e. The minimum atomic E-state index is 0.0923. The fourth-order valence-electron chi connectivity index (χ4n) is 1.48. The molecule has 1 aromatic carbocycles. The summed E-state index contributed by atoms with van der Waals surface area (Å²) in [6.07, 6.45) is 2.07. The zero-order valence-corrected chi connectivity index (χ0v) is 13.6. The van der Waals surface area contributed by atoms with E-state index in [1.165, 1.54) is 21.8 Å². The number of rotatable bonds is 3. The Morgan fingerprint density at radius 3 is 2.35 bits per heavy atom. The number of alkyl halides is 1. The average molecular weight is 368 g/mol. The van der Waals surface area contributed by atoms with Crippen LogP contribution in [0.5, 0.6) is 0 Å². The van der Waals surface area contributed by atoms with E-state index >= 15 is 0 Å². The molecule has 1 aromatic heterocycles. The van der Waals surface area contributed by atoms with Crippen LogP contribution in [0.15, 0.2) is 35.2 Å². The van der Waals surface area contributed by atoms with Crippen LogP contribution < -0.4 is 0 Å². The van der Waals surface area contributed by atoms with Gasteiger partial charge in [0.25, 0.3) is 0 Å². The second-order valence-electron chi connectivity index (χ2n) is 3.42. The van der Waals surface area contributed by atoms with Crippen molar-refractivity contribution in [1.82, 2.24) is 0 Å². The van der Waals surface area contributed by atoms with Crippen LogP contribution in [-0.2, 0) is 0 Å². The number of thiophene rings is 1. The van der Waals surface area contributed by atoms with Crippen LogP contribution in [0.3, 0.4) is 0 Å². The summed E-state index contributed by atoms with van der Waals surface area (Å²) in [5.41, 5.74) is 2.21. The minimum Gasteiger partial charge on any atom is -0.130 e. The molecule has 0 aliphatic rings. The second kappa shape index (κ2) is 5.98. The zero-order chi connectivity index (χ0) is 12.4. The molecule has 0 nitrogen and oxygen atoms in total. The van der Waals surface area contributed by atoms with E-state index in [9.17, 15) is 0 Å². The van der Waals surface area contributed by atoms with E-state index in [0.29, 0.717) is 0 Å². The second-order valence-corrected chi connectivity index (χ2v) is 7.50. The quantitative estimate of drug-likeness (QED) is 0.455. The maximum Gasteiger partial charge on any atom is 0.0990 e. The molecule has 0 radical (unpaired) electrons. The maximum atomic E-state index is 6.15. The van der Waals surface area contributed by atoms with E-state index in [0.717, 1.165) is 14.2 Å². The van der Waals surface area contributed by atoms with Crippen molar-refractivity contribution >= 4 is 62.2 Å². The summed E-state index contributed by atoms with van der Waals surface area (Å²) < 4.78 is 1.46. The van der Waals surface area contributed by atoms with Crippen molar-refractivity contribution in [2.24, 2.45) is 0 Å². The van der Waals surface area contributed by atoms with Gasteiger partial charge in [0.1, 0.15) is 0 Å². The van der Waals surface area contributed by atoms with Gasteiger partial charge in [0, 0.05) is 10.5 Å². The van der Waals surface area contributed by atoms with Gasteiger partial charge in [-0.15, -0.1) is 23.1 Å². The molecule has 1 unspecified atom stereocenters. The van der Waals surface area contributed by atoms with Gasteiger partial charge in [-0.1, -0.05) is 51.3 Å². The highest BCUT2D eigenvalue weighted by Gasteiger charge is 2.16. The molecule has 0 aliphatic heterocycles. The predicted octanol–water partition coefficient (Wildman–Crippen LogP) is 6.26. The van der Waals surface area contributed by atoms with Gasteiger partial charge in [-0.25, -0.2) is 0 Å². The van der Waals surface area contributed by atoms with Crippen molar-refractivity contribution in [2.45, 2.75) is 9.72 Å². The van der Waals surface area contributed by atoms with Crippen molar-refractivity contribution in [2.75, 3.05) is 6.26 Å². The van der Waals surface area contributed by atoms with Crippen LogP contribution in [-0.4, -0.2) is 6.26 Å². The van der Waals surface area contributed by atoms with E-state index < -0.39 is 0 Å². The van der Waals surface area contributed by atoms with Crippen molar-refractivity contribution in [3.05, 3.63) is 50.1 Å². The Hall–Kier alpha value is 0.330. The first-order chi connectivity index (χ1) is 8.11. The number of halogens is 3. The molecule has 17 heavy (non-hydrogen) atoms. The summed E-state index contributed by atoms with van der Waals surface area (Å²) in [6.45, 7) is 0. The number of benzene rings is 1. The van der Waals surface area contributed by atoms with Gasteiger partial charge in [0.15, 0.2) is 0 Å². The van der Waals surface area contributed by atoms with Crippen LogP contribution in [0.25, 0.3) is 0 Å². The predicted molar refractivity (Wildman–Crippen MR) is 83.3 cm³/mol. The van der Waals surface area contributed by atoms with Gasteiger partial charge in [0.05, 0.1) is 13.5 Å². The monoisotopic (exact) mass is 366 g/mol. The van der Waals surface area contributed by atoms with E-state index in [2.05, 4.69) is 46.5 Å². The molecular formula is C12H9BrCl2S2. The Labute approximate surface area is 127 Å². The standard InChI is InChI=1S/C12H9BrCl2S2/c1-16-8-4-2-7(3-5-8)11(13)9-6-10(14)17-12(9)15/h2-6,11H,1H3. The number of thioether (sulfide) groups is 1. The van der Waals surface area contributed by atoms with Crippen LogP contribution in [0.1, 0.15) is 16.0 Å². The fraction of sp³-hybridized carbons (Fsp3) is 0.167. The molecule has 2 aromatic rings. The molecule has 0 N–H and O–H groups in total. The first-order valence-electron chi connectivity index (χ1n) is 4.84. The first kappa shape index (κ1) is 13.8. The molecule has 90 valence electrons. The van der Waals surface area contributed by atoms with E-state index in [-0.39, 0.29) is 4.83 Å². The highest BCUT2D eigenvalue weighted by Crippen LogP contribution is 2.41. The zero-order valence-electron chi connectivity index (χ0n) is 8.91. The summed E-state index contributed by atoms with van der Waals surface area (Å²) in [5, 5.41) is 0. The Kier molecular flexibility index (Phi) is 4.84. The van der Waals surface area contributed by atoms with Gasteiger partial charge < -0.3 is 0 Å². The maximum absolute atomic E-state index is 6.15. The number of hydrogen-bond donors (Lipinski definition) is 0. The van der Waals surface area contributed by atoms with Crippen molar-refractivity contribution in [3.63, 3.8) is 0 Å². The van der Waals surface area contributed by atoms with Crippen molar-refractivity contribution in [3.8, 4) is 0 Å². The highest BCUT2D eigenvalue weighted by molar-refractivity contribution is 9.09. The molecule has 0 bridgehead atoms. The van der Waals surface area contributed by atoms with Crippen LogP contribution in [0.4, 0.5) is 0 Å². The summed E-state index contributed by atoms with van der Waals surface area (Å²) in [5.74, 6) is 0. The lowest BCUT2D eigenvalue weighted by molar-refractivity contribution is 1.18. The van der Waals surface area contributed by atoms with E-state index in [1.807, 2.05) is 6.07 Å². The molecule has 0 aliphatic carbocycles. The average Bonchev–Trinajstić information content (AvgIpc) is 2.68. The van der Waals surface area contributed by atoms with Crippen molar-refractivity contribution in [1.29, 1.82) is 0 Å². The summed E-state index contributed by atoms with van der Waals surface area (Å²) in [4.78, 5) is 1.34. The van der Waals surface area contributed by atoms with Crippen LogP contribution >= 0.6 is 62.2 Å². The van der Waals surface area contributed by atoms with Gasteiger partial charge in [-0.2, -0.15) is 0 Å². The number of hydrogen-bond acceptors (Lipinski definition) is 2. The molecule has 2 rings (SSSR count). The molecule has 1 atom stereocenters. The van der Waals surface area contributed by atoms with Gasteiger partial charge >= 0.3 is 0 Å². The third kappa shape index (κ3) is 3.21. The minimum absolute atomic E-state index is 0.0923. The lowest BCUT2D eigenvalue weighted by Crippen LogP contribution is -1.90. The molecule has 5 heteroatoms. The molecular weight excluding hydrogens is 359 g/mol. The summed E-state index contributed by atoms with van der Waals surface area (Å²) in [6, 6.07) is 10.3. The fourth-order valence-corrected chi connectivity index (χ4v) is 4.37. The smallest absolute Gasteiger partial charge is 0.0990 e. The van der Waals surface area contributed by atoms with Crippen molar-refractivity contribution < 1.29 is 0 Å². The Bertz CT molecular complexity index is 508. The van der Waals surface area contributed by atoms with E-state index in [4.69, 9.17) is 23.2 Å². The first-order valence-corrected chi connectivity index (χ1v) is 8.56. The molecule has 0 saturated carbocycles. The third-order valence-corrected chi connectivity index (χ3v) is 5.65. The highest BCUT2D eigenvalue weighted by atomic mass is 79.9. The normalized spacial score (nSPS) is 12.7. The molecule has 0 saturated heterocycles. The Morgan fingerprint density at radius 1 is 1.24 bits per heavy atom. The third-order valence-electron chi connectivity index (χ3n) is 2.36. The topological polar surface area (TPSA) is 0 Å². The van der Waals surface area contributed by atoms with E-state index in [1.54, 1.807) is 11.8 Å². The van der Waals surface area contributed by atoms with Gasteiger partial charge in [0.2, 0.25) is 0 Å². The van der Waals surface area contributed by atoms with Crippen LogP contribution in [0.2, 0.25) is 8.67 Å². The van der Waals surface area contributed by atoms with Gasteiger partial charge in [-0.3, -0.25) is 0 Å². The Balaban J connectivity index is 2.30. The Morgan fingerprint density at radius 2 is 1.88 bits per heavy atom. The molecule has 0 spiro atoms.